The van der Waals surface area contributed by atoms with Crippen molar-refractivity contribution in [1.29, 1.82) is 0 Å². The molecule has 1 fully saturated rings. The molecule has 1 aromatic heterocycles. The number of benzene rings is 2. The molecule has 2 heterocycles. The lowest BCUT2D eigenvalue weighted by Gasteiger charge is -2.51. The lowest BCUT2D eigenvalue weighted by atomic mass is 9.66. The largest absolute Gasteiger partial charge is 0.507 e. The number of likely N-dealkylation sites (tertiary alicyclic amines) is 1. The van der Waals surface area contributed by atoms with E-state index < -0.39 is 23.0 Å². The first-order valence-corrected chi connectivity index (χ1v) is 12.9. The number of nitrogens with zero attached hydrogens (tertiary/aromatic N) is 2. The van der Waals surface area contributed by atoms with Crippen LogP contribution in [0.2, 0.25) is 5.02 Å². The van der Waals surface area contributed by atoms with Gasteiger partial charge in [-0.2, -0.15) is 0 Å². The average Bonchev–Trinajstić information content (AvgIpc) is 2.83. The highest BCUT2D eigenvalue weighted by molar-refractivity contribution is 6.30. The van der Waals surface area contributed by atoms with Gasteiger partial charge in [0, 0.05) is 46.2 Å². The maximum atomic E-state index is 13.7. The highest BCUT2D eigenvalue weighted by Gasteiger charge is 2.50. The molecule has 1 aliphatic rings. The zero-order valence-electron chi connectivity index (χ0n) is 21.9. The molecule has 2 amide bonds. The van der Waals surface area contributed by atoms with Crippen LogP contribution in [0.1, 0.15) is 55.7 Å². The van der Waals surface area contributed by atoms with Crippen LogP contribution in [0.5, 0.6) is 5.75 Å². The maximum absolute atomic E-state index is 13.7. The summed E-state index contributed by atoms with van der Waals surface area (Å²) >= 11 is 6.04. The van der Waals surface area contributed by atoms with Crippen LogP contribution in [0.3, 0.4) is 0 Å². The Morgan fingerprint density at radius 3 is 2.41 bits per heavy atom. The van der Waals surface area contributed by atoms with E-state index >= 15 is 0 Å². The number of rotatable bonds is 5. The Labute approximate surface area is 222 Å². The Hall–Kier alpha value is -3.16. The van der Waals surface area contributed by atoms with Crippen molar-refractivity contribution < 1.29 is 19.8 Å². The molecule has 0 aliphatic carbocycles. The summed E-state index contributed by atoms with van der Waals surface area (Å²) in [5.74, 6) is -0.689. The molecule has 37 heavy (non-hydrogen) atoms. The molecule has 196 valence electrons. The monoisotopic (exact) mass is 523 g/mol. The molecule has 2 atom stereocenters. The number of hydrogen-bond acceptors (Lipinski definition) is 5. The van der Waals surface area contributed by atoms with Gasteiger partial charge in [-0.15, -0.1) is 0 Å². The number of hydrogen-bond donors (Lipinski definition) is 3. The topological polar surface area (TPSA) is 103 Å². The molecule has 2 aromatic carbocycles. The number of aromatic nitrogens is 1. The van der Waals surface area contributed by atoms with Crippen LogP contribution in [0.4, 0.5) is 0 Å². The number of carbonyl (C=O) groups is 2. The molecule has 0 saturated carbocycles. The maximum Gasteiger partial charge on any atom is 0.251 e. The number of piperidine rings is 1. The van der Waals surface area contributed by atoms with E-state index in [1.54, 1.807) is 48.2 Å². The fraction of sp³-hybridized carbons (Fsp3) is 0.414. The molecule has 1 saturated heterocycles. The standard InChI is InChI=1S/C29H34ClN3O4/c1-17(2)25(32-26(35)19-6-11-23-22(15-19)24(34)14-18(3)31-23)27(36)33-13-12-29(37,28(4,5)16-33)20-7-9-21(30)10-8-20/h6-11,14-15,17,25,37H,12-13,16H2,1-5H3,(H,31,34)(H,32,35)/t25-,29+/m1/s1. The summed E-state index contributed by atoms with van der Waals surface area (Å²) in [4.78, 5) is 32.9. The van der Waals surface area contributed by atoms with Gasteiger partial charge in [0.05, 0.1) is 11.1 Å². The summed E-state index contributed by atoms with van der Waals surface area (Å²) in [6, 6.07) is 12.9. The van der Waals surface area contributed by atoms with Crippen LogP contribution in [0, 0.1) is 18.3 Å². The molecule has 3 aromatic rings. The van der Waals surface area contributed by atoms with Crippen LogP contribution >= 0.6 is 11.6 Å². The van der Waals surface area contributed by atoms with Gasteiger partial charge in [-0.3, -0.25) is 14.6 Å². The van der Waals surface area contributed by atoms with E-state index in [0.717, 1.165) is 5.56 Å². The van der Waals surface area contributed by atoms with E-state index in [2.05, 4.69) is 10.3 Å². The predicted molar refractivity (Wildman–Crippen MR) is 145 cm³/mol. The minimum atomic E-state index is -1.12. The smallest absolute Gasteiger partial charge is 0.251 e. The minimum Gasteiger partial charge on any atom is -0.507 e. The number of pyridine rings is 1. The first-order valence-electron chi connectivity index (χ1n) is 12.5. The molecule has 0 radical (unpaired) electrons. The van der Waals surface area contributed by atoms with E-state index in [-0.39, 0.29) is 17.6 Å². The molecule has 1 aliphatic heterocycles. The number of aliphatic hydroxyl groups is 1. The van der Waals surface area contributed by atoms with Crippen molar-refractivity contribution >= 4 is 34.3 Å². The molecule has 3 N–H and O–H groups in total. The lowest BCUT2D eigenvalue weighted by molar-refractivity contribution is -0.155. The van der Waals surface area contributed by atoms with Crippen molar-refractivity contribution in [2.45, 2.75) is 52.7 Å². The Balaban J connectivity index is 1.53. The zero-order valence-corrected chi connectivity index (χ0v) is 22.6. The number of nitrogens with one attached hydrogen (secondary N) is 1. The van der Waals surface area contributed by atoms with Gasteiger partial charge in [0.2, 0.25) is 5.91 Å². The number of aromatic hydroxyl groups is 1. The van der Waals surface area contributed by atoms with Crippen LogP contribution in [0.25, 0.3) is 10.9 Å². The second-order valence-corrected chi connectivity index (χ2v) is 11.4. The van der Waals surface area contributed by atoms with Crippen LogP contribution in [-0.4, -0.2) is 51.0 Å². The van der Waals surface area contributed by atoms with Gasteiger partial charge in [0.25, 0.3) is 5.91 Å². The highest BCUT2D eigenvalue weighted by atomic mass is 35.5. The van der Waals surface area contributed by atoms with Gasteiger partial charge < -0.3 is 20.4 Å². The minimum absolute atomic E-state index is 0.0531. The van der Waals surface area contributed by atoms with Crippen LogP contribution in [-0.2, 0) is 10.4 Å². The second kappa shape index (κ2) is 9.95. The van der Waals surface area contributed by atoms with Gasteiger partial charge in [0.15, 0.2) is 0 Å². The van der Waals surface area contributed by atoms with E-state index in [1.165, 1.54) is 0 Å². The highest BCUT2D eigenvalue weighted by Crippen LogP contribution is 2.46. The predicted octanol–water partition coefficient (Wildman–Crippen LogP) is 4.80. The molecular weight excluding hydrogens is 490 g/mol. The van der Waals surface area contributed by atoms with E-state index in [0.29, 0.717) is 46.7 Å². The molecule has 0 spiro atoms. The Morgan fingerprint density at radius 2 is 1.78 bits per heavy atom. The number of halogens is 1. The number of aryl methyl sites for hydroxylation is 1. The van der Waals surface area contributed by atoms with Crippen molar-refractivity contribution in [2.75, 3.05) is 13.1 Å². The number of fused-ring (bicyclic) bond motifs is 1. The third-order valence-corrected chi connectivity index (χ3v) is 7.73. The third-order valence-electron chi connectivity index (χ3n) is 7.48. The number of carbonyl (C=O) groups excluding carboxylic acids is 2. The summed E-state index contributed by atoms with van der Waals surface area (Å²) in [7, 11) is 0. The molecule has 0 unspecified atom stereocenters. The Morgan fingerprint density at radius 1 is 1.11 bits per heavy atom. The third kappa shape index (κ3) is 5.15. The first-order chi connectivity index (χ1) is 17.3. The fourth-order valence-electron chi connectivity index (χ4n) is 5.18. The van der Waals surface area contributed by atoms with Crippen molar-refractivity contribution in [3.8, 4) is 5.75 Å². The molecule has 8 heteroatoms. The Kier molecular flexibility index (Phi) is 7.23. The lowest BCUT2D eigenvalue weighted by Crippen LogP contribution is -2.60. The average molecular weight is 524 g/mol. The number of amides is 2. The van der Waals surface area contributed by atoms with Crippen molar-refractivity contribution in [1.82, 2.24) is 15.2 Å². The van der Waals surface area contributed by atoms with Gasteiger partial charge in [0.1, 0.15) is 11.8 Å². The summed E-state index contributed by atoms with van der Waals surface area (Å²) in [5, 5.41) is 25.9. The van der Waals surface area contributed by atoms with Crippen molar-refractivity contribution in [2.24, 2.45) is 11.3 Å². The van der Waals surface area contributed by atoms with Gasteiger partial charge in [-0.25, -0.2) is 0 Å². The summed E-state index contributed by atoms with van der Waals surface area (Å²) in [6.45, 7) is 10.1. The van der Waals surface area contributed by atoms with E-state index in [1.807, 2.05) is 39.8 Å². The summed E-state index contributed by atoms with van der Waals surface area (Å²) in [6.07, 6.45) is 0.364. The molecule has 0 bridgehead atoms. The van der Waals surface area contributed by atoms with Crippen LogP contribution < -0.4 is 5.32 Å². The van der Waals surface area contributed by atoms with Crippen molar-refractivity contribution in [3.63, 3.8) is 0 Å². The normalized spacial score (nSPS) is 20.2. The molecule has 4 rings (SSSR count). The quantitative estimate of drug-likeness (QED) is 0.445. The van der Waals surface area contributed by atoms with Gasteiger partial charge >= 0.3 is 0 Å². The summed E-state index contributed by atoms with van der Waals surface area (Å²) in [5.41, 5.74) is 0.621. The second-order valence-electron chi connectivity index (χ2n) is 11.0. The SMILES string of the molecule is Cc1cc(O)c2cc(C(=O)N[C@@H](C(=O)N3CC[C@](O)(c4ccc(Cl)cc4)C(C)(C)C3)C(C)C)ccc2n1. The fourth-order valence-corrected chi connectivity index (χ4v) is 5.31. The Bertz CT molecular complexity index is 1340. The zero-order chi connectivity index (χ0) is 27.1. The molecule has 7 nitrogen and oxygen atoms in total. The van der Waals surface area contributed by atoms with Crippen LogP contribution in [0.15, 0.2) is 48.5 Å². The van der Waals surface area contributed by atoms with Crippen molar-refractivity contribution in [3.05, 3.63) is 70.4 Å². The molecular formula is C29H34ClN3O4. The van der Waals surface area contributed by atoms with Gasteiger partial charge in [-0.1, -0.05) is 51.4 Å². The summed E-state index contributed by atoms with van der Waals surface area (Å²) < 4.78 is 0. The first kappa shape index (κ1) is 26.9. The van der Waals surface area contributed by atoms with E-state index in [9.17, 15) is 19.8 Å². The van der Waals surface area contributed by atoms with E-state index in [4.69, 9.17) is 11.6 Å². The van der Waals surface area contributed by atoms with Gasteiger partial charge in [-0.05, 0) is 55.2 Å².